The van der Waals surface area contributed by atoms with E-state index in [4.69, 9.17) is 0 Å². The summed E-state index contributed by atoms with van der Waals surface area (Å²) in [6, 6.07) is 3.72. The fourth-order valence-corrected chi connectivity index (χ4v) is 3.40. The van der Waals surface area contributed by atoms with Crippen molar-refractivity contribution in [3.05, 3.63) is 35.4 Å². The van der Waals surface area contributed by atoms with Crippen molar-refractivity contribution in [2.75, 3.05) is 20.1 Å². The minimum atomic E-state index is -0.446. The molecular weight excluding hydrogens is 274 g/mol. The summed E-state index contributed by atoms with van der Waals surface area (Å²) in [5.74, 6) is -1.10. The Morgan fingerprint density at radius 1 is 1.43 bits per heavy atom. The molecule has 1 saturated carbocycles. The van der Waals surface area contributed by atoms with Gasteiger partial charge in [-0.1, -0.05) is 0 Å². The van der Waals surface area contributed by atoms with E-state index >= 15 is 0 Å². The van der Waals surface area contributed by atoms with Crippen LogP contribution in [0.4, 0.5) is 8.78 Å². The van der Waals surface area contributed by atoms with E-state index in [2.05, 4.69) is 5.32 Å². The van der Waals surface area contributed by atoms with E-state index in [1.165, 1.54) is 6.07 Å². The second-order valence-corrected chi connectivity index (χ2v) is 6.00. The highest BCUT2D eigenvalue weighted by Crippen LogP contribution is 2.50. The lowest BCUT2D eigenvalue weighted by Crippen LogP contribution is -2.41. The van der Waals surface area contributed by atoms with E-state index in [1.807, 2.05) is 11.9 Å². The number of likely N-dealkylation sites (N-methyl/N-ethyl adjacent to an activating group) is 1. The third kappa shape index (κ3) is 2.79. The first-order chi connectivity index (χ1) is 10.1. The number of halogens is 2. The van der Waals surface area contributed by atoms with Crippen LogP contribution in [-0.4, -0.2) is 37.0 Å². The fourth-order valence-electron chi connectivity index (χ4n) is 3.40. The van der Waals surface area contributed by atoms with Crippen LogP contribution < -0.4 is 5.32 Å². The highest BCUT2D eigenvalue weighted by atomic mass is 19.1. The van der Waals surface area contributed by atoms with Gasteiger partial charge in [0.05, 0.1) is 0 Å². The quantitative estimate of drug-likeness (QED) is 0.924. The van der Waals surface area contributed by atoms with Gasteiger partial charge in [0, 0.05) is 25.0 Å². The van der Waals surface area contributed by atoms with Crippen LogP contribution in [0, 0.1) is 17.6 Å². The summed E-state index contributed by atoms with van der Waals surface area (Å²) in [6.45, 7) is 1.57. The molecule has 1 aromatic carbocycles. The van der Waals surface area contributed by atoms with Crippen molar-refractivity contribution in [3.8, 4) is 0 Å². The molecule has 1 heterocycles. The molecule has 0 spiro atoms. The lowest BCUT2D eigenvalue weighted by Gasteiger charge is -2.24. The summed E-state index contributed by atoms with van der Waals surface area (Å²) < 4.78 is 27.0. The van der Waals surface area contributed by atoms with Crippen LogP contribution in [-0.2, 0) is 4.79 Å². The monoisotopic (exact) mass is 294 g/mol. The average molecular weight is 294 g/mol. The molecule has 1 amide bonds. The predicted molar refractivity (Wildman–Crippen MR) is 75.9 cm³/mol. The highest BCUT2D eigenvalue weighted by Gasteiger charge is 2.48. The number of carbonyl (C=O) groups is 1. The lowest BCUT2D eigenvalue weighted by molar-refractivity contribution is -0.133. The van der Waals surface area contributed by atoms with E-state index in [0.29, 0.717) is 12.0 Å². The number of amides is 1. The number of rotatable bonds is 4. The Morgan fingerprint density at radius 3 is 3.00 bits per heavy atom. The number of nitrogens with one attached hydrogen (secondary N) is 1. The summed E-state index contributed by atoms with van der Waals surface area (Å²) in [7, 11) is 1.88. The second kappa shape index (κ2) is 5.72. The largest absolute Gasteiger partial charge is 0.338 e. The van der Waals surface area contributed by atoms with Crippen molar-refractivity contribution in [3.63, 3.8) is 0 Å². The molecule has 21 heavy (non-hydrogen) atoms. The molecule has 0 bridgehead atoms. The first kappa shape index (κ1) is 14.4. The second-order valence-electron chi connectivity index (χ2n) is 6.00. The smallest absolute Gasteiger partial charge is 0.226 e. The maximum atomic E-state index is 13.8. The van der Waals surface area contributed by atoms with Crippen molar-refractivity contribution < 1.29 is 13.6 Å². The number of carbonyl (C=O) groups excluding carboxylic acids is 1. The minimum absolute atomic E-state index is 0.0985. The molecule has 3 atom stereocenters. The maximum Gasteiger partial charge on any atom is 0.226 e. The minimum Gasteiger partial charge on any atom is -0.338 e. The molecular formula is C16H20F2N2O. The normalized spacial score (nSPS) is 28.0. The highest BCUT2D eigenvalue weighted by molar-refractivity contribution is 5.83. The summed E-state index contributed by atoms with van der Waals surface area (Å²) >= 11 is 0. The van der Waals surface area contributed by atoms with Gasteiger partial charge in [-0.15, -0.1) is 0 Å². The number of likely N-dealkylation sites (tertiary alicyclic amines) is 1. The summed E-state index contributed by atoms with van der Waals surface area (Å²) in [5, 5.41) is 3.11. The summed E-state index contributed by atoms with van der Waals surface area (Å²) in [5.41, 5.74) is 0.345. The number of nitrogens with zero attached hydrogens (tertiary/aromatic N) is 1. The van der Waals surface area contributed by atoms with Gasteiger partial charge in [-0.2, -0.15) is 0 Å². The zero-order chi connectivity index (χ0) is 15.0. The van der Waals surface area contributed by atoms with Gasteiger partial charge in [0.15, 0.2) is 0 Å². The van der Waals surface area contributed by atoms with Crippen LogP contribution in [0.1, 0.15) is 30.7 Å². The van der Waals surface area contributed by atoms with Crippen LogP contribution >= 0.6 is 0 Å². The third-order valence-corrected chi connectivity index (χ3v) is 4.57. The Kier molecular flexibility index (Phi) is 3.93. The Morgan fingerprint density at radius 2 is 2.24 bits per heavy atom. The molecule has 114 valence electrons. The molecule has 2 aliphatic rings. The van der Waals surface area contributed by atoms with Crippen molar-refractivity contribution in [2.45, 2.75) is 31.2 Å². The SMILES string of the molecule is CNC[C@@H]1CCCN1C(=O)[C@H]1C[C@@H]1c1cc(F)ccc1F. The first-order valence-corrected chi connectivity index (χ1v) is 7.52. The van der Waals surface area contributed by atoms with Gasteiger partial charge in [0.2, 0.25) is 5.91 Å². The first-order valence-electron chi connectivity index (χ1n) is 7.52. The van der Waals surface area contributed by atoms with Gasteiger partial charge in [-0.3, -0.25) is 4.79 Å². The van der Waals surface area contributed by atoms with E-state index in [-0.39, 0.29) is 23.8 Å². The molecule has 1 aliphatic heterocycles. The van der Waals surface area contributed by atoms with Gasteiger partial charge >= 0.3 is 0 Å². The van der Waals surface area contributed by atoms with Gasteiger partial charge in [-0.25, -0.2) is 8.78 Å². The zero-order valence-corrected chi connectivity index (χ0v) is 12.1. The average Bonchev–Trinajstić information content (AvgIpc) is 3.13. The predicted octanol–water partition coefficient (Wildman–Crippen LogP) is 2.28. The van der Waals surface area contributed by atoms with Crippen molar-refractivity contribution in [2.24, 2.45) is 5.92 Å². The van der Waals surface area contributed by atoms with Crippen LogP contribution in [0.25, 0.3) is 0 Å². The van der Waals surface area contributed by atoms with Crippen molar-refractivity contribution in [1.29, 1.82) is 0 Å². The Bertz CT molecular complexity index is 549. The number of hydrogen-bond acceptors (Lipinski definition) is 2. The van der Waals surface area contributed by atoms with Gasteiger partial charge in [0.25, 0.3) is 0 Å². The zero-order valence-electron chi connectivity index (χ0n) is 12.1. The lowest BCUT2D eigenvalue weighted by atomic mass is 10.1. The molecule has 0 aromatic heterocycles. The van der Waals surface area contributed by atoms with E-state index < -0.39 is 11.6 Å². The molecule has 2 fully saturated rings. The van der Waals surface area contributed by atoms with Gasteiger partial charge in [0.1, 0.15) is 11.6 Å². The van der Waals surface area contributed by atoms with E-state index in [0.717, 1.165) is 38.1 Å². The van der Waals surface area contributed by atoms with Crippen LogP contribution in [0.2, 0.25) is 0 Å². The number of hydrogen-bond donors (Lipinski definition) is 1. The topological polar surface area (TPSA) is 32.3 Å². The van der Waals surface area contributed by atoms with Gasteiger partial charge in [-0.05, 0) is 56.0 Å². The Hall–Kier alpha value is -1.49. The van der Waals surface area contributed by atoms with E-state index in [9.17, 15) is 13.6 Å². The van der Waals surface area contributed by atoms with Crippen molar-refractivity contribution >= 4 is 5.91 Å². The molecule has 3 nitrogen and oxygen atoms in total. The standard InChI is InChI=1S/C16H20F2N2O/c1-19-9-11-3-2-6-20(11)16(21)14-8-12(14)13-7-10(17)4-5-15(13)18/h4-5,7,11-12,14,19H,2-3,6,8-9H2,1H3/t11-,12+,14-/m0/s1. The molecule has 5 heteroatoms. The van der Waals surface area contributed by atoms with Crippen LogP contribution in [0.15, 0.2) is 18.2 Å². The van der Waals surface area contributed by atoms with Crippen LogP contribution in [0.3, 0.4) is 0 Å². The molecule has 1 saturated heterocycles. The maximum absolute atomic E-state index is 13.8. The molecule has 0 radical (unpaired) electrons. The molecule has 1 aromatic rings. The molecule has 1 N–H and O–H groups in total. The van der Waals surface area contributed by atoms with Crippen LogP contribution in [0.5, 0.6) is 0 Å². The Balaban J connectivity index is 1.69. The third-order valence-electron chi connectivity index (χ3n) is 4.57. The van der Waals surface area contributed by atoms with Crippen molar-refractivity contribution in [1.82, 2.24) is 10.2 Å². The molecule has 0 unspecified atom stereocenters. The molecule has 3 rings (SSSR count). The summed E-state index contributed by atoms with van der Waals surface area (Å²) in [6.07, 6.45) is 2.66. The van der Waals surface area contributed by atoms with Gasteiger partial charge < -0.3 is 10.2 Å². The molecule has 1 aliphatic carbocycles. The number of benzene rings is 1. The Labute approximate surface area is 123 Å². The fraction of sp³-hybridized carbons (Fsp3) is 0.562. The summed E-state index contributed by atoms with van der Waals surface area (Å²) in [4.78, 5) is 14.5. The van der Waals surface area contributed by atoms with E-state index in [1.54, 1.807) is 0 Å².